The molecule has 3 aromatic rings. The van der Waals surface area contributed by atoms with Crippen LogP contribution in [0.3, 0.4) is 0 Å². The van der Waals surface area contributed by atoms with Gasteiger partial charge in [0.2, 0.25) is 5.95 Å². The number of carbonyl (C=O) groups is 1. The summed E-state index contributed by atoms with van der Waals surface area (Å²) in [4.78, 5) is 20.1. The lowest BCUT2D eigenvalue weighted by Crippen LogP contribution is -2.16. The van der Waals surface area contributed by atoms with Gasteiger partial charge in [0, 0.05) is 21.1 Å². The number of nitrogens with zero attached hydrogens (tertiary/aromatic N) is 3. The van der Waals surface area contributed by atoms with E-state index < -0.39 is 0 Å². The second kappa shape index (κ2) is 5.92. The van der Waals surface area contributed by atoms with Crippen LogP contribution in [0.25, 0.3) is 16.0 Å². The van der Waals surface area contributed by atoms with Crippen LogP contribution in [-0.4, -0.2) is 43.7 Å². The molecule has 1 N–H and O–H groups in total. The fraction of sp³-hybridized carbons (Fsp3) is 0.250. The van der Waals surface area contributed by atoms with Gasteiger partial charge < -0.3 is 15.0 Å². The molecule has 2 aromatic heterocycles. The zero-order valence-corrected chi connectivity index (χ0v) is 14.3. The van der Waals surface area contributed by atoms with Crippen molar-refractivity contribution in [1.82, 2.24) is 14.9 Å². The van der Waals surface area contributed by atoms with Crippen LogP contribution in [0.1, 0.15) is 9.67 Å². The minimum atomic E-state index is -0.0966. The third-order valence-corrected chi connectivity index (χ3v) is 4.61. The van der Waals surface area contributed by atoms with Crippen LogP contribution in [0, 0.1) is 0 Å². The van der Waals surface area contributed by atoms with Gasteiger partial charge in [0.25, 0.3) is 5.91 Å². The molecule has 0 saturated carbocycles. The van der Waals surface area contributed by atoms with Crippen molar-refractivity contribution in [1.29, 1.82) is 0 Å². The van der Waals surface area contributed by atoms with Crippen molar-refractivity contribution in [3.63, 3.8) is 0 Å². The maximum Gasteiger partial charge on any atom is 0.261 e. The van der Waals surface area contributed by atoms with Gasteiger partial charge in [-0.2, -0.15) is 0 Å². The Morgan fingerprint density at radius 1 is 1.30 bits per heavy atom. The van der Waals surface area contributed by atoms with Gasteiger partial charge in [-0.3, -0.25) is 9.36 Å². The first-order valence-electron chi connectivity index (χ1n) is 7.11. The molecular weight excluding hydrogens is 312 g/mol. The molecular formula is C16H18N4O2S. The minimum absolute atomic E-state index is 0.0966. The molecule has 1 amide bonds. The van der Waals surface area contributed by atoms with Gasteiger partial charge in [0.1, 0.15) is 16.1 Å². The number of hydrogen-bond acceptors (Lipinski definition) is 5. The molecule has 0 unspecified atom stereocenters. The number of fused-ring (bicyclic) bond motifs is 1. The summed E-state index contributed by atoms with van der Waals surface area (Å²) in [6.07, 6.45) is 0. The minimum Gasteiger partial charge on any atom is -0.497 e. The number of amides is 1. The van der Waals surface area contributed by atoms with Crippen LogP contribution in [-0.2, 0) is 0 Å². The van der Waals surface area contributed by atoms with E-state index >= 15 is 0 Å². The normalized spacial score (nSPS) is 10.8. The van der Waals surface area contributed by atoms with Gasteiger partial charge >= 0.3 is 0 Å². The lowest BCUT2D eigenvalue weighted by molar-refractivity contribution is 0.0967. The number of hydrogen-bond donors (Lipinski definition) is 1. The van der Waals surface area contributed by atoms with Crippen molar-refractivity contribution in [2.45, 2.75) is 0 Å². The highest BCUT2D eigenvalue weighted by molar-refractivity contribution is 7.20. The number of ether oxygens (including phenoxy) is 1. The van der Waals surface area contributed by atoms with E-state index in [0.717, 1.165) is 27.7 Å². The van der Waals surface area contributed by atoms with Crippen molar-refractivity contribution in [2.24, 2.45) is 0 Å². The fourth-order valence-electron chi connectivity index (χ4n) is 2.36. The predicted octanol–water partition coefficient (Wildman–Crippen LogP) is 2.52. The van der Waals surface area contributed by atoms with E-state index in [1.165, 1.54) is 11.3 Å². The highest BCUT2D eigenvalue weighted by Crippen LogP contribution is 2.33. The summed E-state index contributed by atoms with van der Waals surface area (Å²) in [7, 11) is 7.17. The number of aromatic nitrogens is 2. The van der Waals surface area contributed by atoms with Gasteiger partial charge in [-0.15, -0.1) is 11.3 Å². The maximum atomic E-state index is 11.9. The molecule has 0 atom stereocenters. The van der Waals surface area contributed by atoms with E-state index in [-0.39, 0.29) is 5.91 Å². The molecule has 0 aliphatic rings. The quantitative estimate of drug-likeness (QED) is 0.798. The Morgan fingerprint density at radius 3 is 2.57 bits per heavy atom. The summed E-state index contributed by atoms with van der Waals surface area (Å²) in [6.45, 7) is 0. The summed E-state index contributed by atoms with van der Waals surface area (Å²) in [5.74, 6) is 1.52. The number of methoxy groups -OCH3 is 1. The number of rotatable bonds is 4. The zero-order valence-electron chi connectivity index (χ0n) is 13.5. The smallest absolute Gasteiger partial charge is 0.261 e. The molecule has 2 heterocycles. The van der Waals surface area contributed by atoms with Crippen molar-refractivity contribution >= 4 is 33.5 Å². The average Bonchev–Trinajstić information content (AvgIpc) is 3.12. The Hall–Kier alpha value is -2.54. The summed E-state index contributed by atoms with van der Waals surface area (Å²) in [6, 6.07) is 9.60. The van der Waals surface area contributed by atoms with Crippen molar-refractivity contribution < 1.29 is 9.53 Å². The molecule has 0 saturated heterocycles. The Kier molecular flexibility index (Phi) is 3.96. The topological polar surface area (TPSA) is 59.4 Å². The SMILES string of the molecule is CNC(=O)c1cc2nc(N(C)C)n(-c3ccc(OC)cc3)c2s1. The van der Waals surface area contributed by atoms with Gasteiger partial charge in [-0.05, 0) is 30.3 Å². The van der Waals surface area contributed by atoms with Crippen molar-refractivity contribution in [2.75, 3.05) is 33.2 Å². The number of anilines is 1. The molecule has 1 aromatic carbocycles. The molecule has 120 valence electrons. The maximum absolute atomic E-state index is 11.9. The molecule has 0 radical (unpaired) electrons. The molecule has 0 fully saturated rings. The van der Waals surface area contributed by atoms with Crippen LogP contribution in [0.15, 0.2) is 30.3 Å². The van der Waals surface area contributed by atoms with Crippen LogP contribution >= 0.6 is 11.3 Å². The first-order chi connectivity index (χ1) is 11.0. The van der Waals surface area contributed by atoms with Crippen LogP contribution in [0.4, 0.5) is 5.95 Å². The average molecular weight is 330 g/mol. The van der Waals surface area contributed by atoms with Crippen LogP contribution in [0.2, 0.25) is 0 Å². The Balaban J connectivity index is 2.19. The van der Waals surface area contributed by atoms with E-state index in [1.54, 1.807) is 14.2 Å². The van der Waals surface area contributed by atoms with E-state index in [4.69, 9.17) is 4.74 Å². The molecule has 23 heavy (non-hydrogen) atoms. The molecule has 0 spiro atoms. The largest absolute Gasteiger partial charge is 0.497 e. The predicted molar refractivity (Wildman–Crippen MR) is 93.2 cm³/mol. The highest BCUT2D eigenvalue weighted by Gasteiger charge is 2.19. The lowest BCUT2D eigenvalue weighted by atomic mass is 10.3. The number of imidazole rings is 1. The second-order valence-corrected chi connectivity index (χ2v) is 6.25. The van der Waals surface area contributed by atoms with E-state index in [1.807, 2.05) is 53.9 Å². The van der Waals surface area contributed by atoms with Gasteiger partial charge in [-0.1, -0.05) is 0 Å². The number of thiophene rings is 1. The molecule has 3 rings (SSSR count). The van der Waals surface area contributed by atoms with E-state index in [9.17, 15) is 4.79 Å². The third-order valence-electron chi connectivity index (χ3n) is 3.50. The monoisotopic (exact) mass is 330 g/mol. The van der Waals surface area contributed by atoms with Gasteiger partial charge in [-0.25, -0.2) is 4.98 Å². The van der Waals surface area contributed by atoms with Crippen LogP contribution < -0.4 is 15.0 Å². The molecule has 6 nitrogen and oxygen atoms in total. The molecule has 0 aliphatic heterocycles. The highest BCUT2D eigenvalue weighted by atomic mass is 32.1. The first kappa shape index (κ1) is 15.4. The van der Waals surface area contributed by atoms with Gasteiger partial charge in [0.05, 0.1) is 17.7 Å². The van der Waals surface area contributed by atoms with E-state index in [2.05, 4.69) is 10.3 Å². The summed E-state index contributed by atoms with van der Waals surface area (Å²) >= 11 is 1.43. The molecule has 7 heteroatoms. The lowest BCUT2D eigenvalue weighted by Gasteiger charge is -2.15. The van der Waals surface area contributed by atoms with Gasteiger partial charge in [0.15, 0.2) is 0 Å². The third kappa shape index (κ3) is 2.63. The Bertz CT molecular complexity index is 849. The Morgan fingerprint density at radius 2 is 2.00 bits per heavy atom. The number of benzene rings is 1. The number of nitrogens with one attached hydrogen (secondary N) is 1. The Labute approximate surface area is 138 Å². The van der Waals surface area contributed by atoms with Crippen molar-refractivity contribution in [3.8, 4) is 11.4 Å². The summed E-state index contributed by atoms with van der Waals surface area (Å²) in [5, 5.41) is 2.65. The second-order valence-electron chi connectivity index (χ2n) is 5.22. The van der Waals surface area contributed by atoms with E-state index in [0.29, 0.717) is 4.88 Å². The molecule has 0 aliphatic carbocycles. The summed E-state index contributed by atoms with van der Waals surface area (Å²) < 4.78 is 7.26. The standard InChI is InChI=1S/C16H18N4O2S/c1-17-14(21)13-9-12-15(23-13)20(16(18-12)19(2)3)10-5-7-11(22-4)8-6-10/h5-9H,1-4H3,(H,17,21). The fourth-order valence-corrected chi connectivity index (χ4v) is 3.42. The van der Waals surface area contributed by atoms with Crippen LogP contribution in [0.5, 0.6) is 5.75 Å². The number of carbonyl (C=O) groups excluding carboxylic acids is 1. The first-order valence-corrected chi connectivity index (χ1v) is 7.93. The van der Waals surface area contributed by atoms with Crippen molar-refractivity contribution in [3.05, 3.63) is 35.2 Å². The molecule has 0 bridgehead atoms. The zero-order chi connectivity index (χ0) is 16.6. The summed E-state index contributed by atoms with van der Waals surface area (Å²) in [5.41, 5.74) is 1.79.